The maximum absolute atomic E-state index is 12.3. The summed E-state index contributed by atoms with van der Waals surface area (Å²) in [5, 5.41) is 13.7. The van der Waals surface area contributed by atoms with Crippen LogP contribution < -0.4 is 10.2 Å². The standard InChI is InChI=1S/C21H25N3O5/c1-15-4-6-16(7-5-15)8-11-20(25)22-12-13-29-21(26)18-14-17(24(27)28)9-10-19(18)23(2)3/h4-7,9-10,14H,8,11-13H2,1-3H3,(H,22,25). The van der Waals surface area contributed by atoms with Crippen LogP contribution in [0.3, 0.4) is 0 Å². The molecule has 0 unspecified atom stereocenters. The van der Waals surface area contributed by atoms with E-state index in [1.165, 1.54) is 23.8 Å². The summed E-state index contributed by atoms with van der Waals surface area (Å²) in [6, 6.07) is 12.0. The van der Waals surface area contributed by atoms with Crippen molar-refractivity contribution in [3.05, 3.63) is 69.3 Å². The first kappa shape index (κ1) is 21.9. The zero-order chi connectivity index (χ0) is 21.4. The molecule has 8 heteroatoms. The fourth-order valence-electron chi connectivity index (χ4n) is 2.70. The lowest BCUT2D eigenvalue weighted by molar-refractivity contribution is -0.384. The lowest BCUT2D eigenvalue weighted by Gasteiger charge is -2.16. The predicted octanol–water partition coefficient (Wildman–Crippen LogP) is 2.88. The number of ether oxygens (including phenoxy) is 1. The van der Waals surface area contributed by atoms with E-state index in [1.807, 2.05) is 31.2 Å². The van der Waals surface area contributed by atoms with E-state index >= 15 is 0 Å². The molecule has 0 atom stereocenters. The Morgan fingerprint density at radius 1 is 1.14 bits per heavy atom. The molecule has 2 aromatic rings. The highest BCUT2D eigenvalue weighted by Gasteiger charge is 2.19. The fourth-order valence-corrected chi connectivity index (χ4v) is 2.70. The average Bonchev–Trinajstić information content (AvgIpc) is 2.70. The molecule has 0 radical (unpaired) electrons. The summed E-state index contributed by atoms with van der Waals surface area (Å²) in [4.78, 5) is 36.3. The van der Waals surface area contributed by atoms with E-state index in [1.54, 1.807) is 19.0 Å². The topological polar surface area (TPSA) is 102 Å². The minimum atomic E-state index is -0.675. The fraction of sp³-hybridized carbons (Fsp3) is 0.333. The zero-order valence-corrected chi connectivity index (χ0v) is 16.8. The SMILES string of the molecule is Cc1ccc(CCC(=O)NCCOC(=O)c2cc([N+](=O)[O-])ccc2N(C)C)cc1. The van der Waals surface area contributed by atoms with E-state index in [-0.39, 0.29) is 30.3 Å². The summed E-state index contributed by atoms with van der Waals surface area (Å²) < 4.78 is 5.18. The Kier molecular flexibility index (Phi) is 7.70. The van der Waals surface area contributed by atoms with Gasteiger partial charge in [-0.25, -0.2) is 4.79 Å². The second-order valence-electron chi connectivity index (χ2n) is 6.82. The molecule has 0 fully saturated rings. The smallest absolute Gasteiger partial charge is 0.340 e. The molecule has 0 aliphatic carbocycles. The van der Waals surface area contributed by atoms with Crippen molar-refractivity contribution < 1.29 is 19.2 Å². The van der Waals surface area contributed by atoms with Crippen molar-refractivity contribution in [3.8, 4) is 0 Å². The van der Waals surface area contributed by atoms with Crippen molar-refractivity contribution in [1.29, 1.82) is 0 Å². The quantitative estimate of drug-likeness (QED) is 0.301. The molecule has 0 saturated carbocycles. The van der Waals surface area contributed by atoms with Crippen LogP contribution in [-0.2, 0) is 16.0 Å². The molecule has 0 heterocycles. The first-order chi connectivity index (χ1) is 13.8. The van der Waals surface area contributed by atoms with Gasteiger partial charge in [-0.3, -0.25) is 14.9 Å². The van der Waals surface area contributed by atoms with E-state index in [4.69, 9.17) is 4.74 Å². The van der Waals surface area contributed by atoms with Crippen LogP contribution >= 0.6 is 0 Å². The van der Waals surface area contributed by atoms with Crippen LogP contribution in [0, 0.1) is 17.0 Å². The lowest BCUT2D eigenvalue weighted by atomic mass is 10.1. The highest BCUT2D eigenvalue weighted by Crippen LogP contribution is 2.24. The molecule has 0 bridgehead atoms. The second kappa shape index (κ2) is 10.2. The van der Waals surface area contributed by atoms with Gasteiger partial charge in [-0.05, 0) is 25.0 Å². The Balaban J connectivity index is 1.82. The largest absolute Gasteiger partial charge is 0.460 e. The number of nitro groups is 1. The molecule has 1 amide bonds. The van der Waals surface area contributed by atoms with Gasteiger partial charge in [0.2, 0.25) is 5.91 Å². The van der Waals surface area contributed by atoms with Crippen LogP contribution in [0.5, 0.6) is 0 Å². The van der Waals surface area contributed by atoms with Gasteiger partial charge in [0.05, 0.1) is 22.7 Å². The van der Waals surface area contributed by atoms with Gasteiger partial charge < -0.3 is 15.0 Å². The van der Waals surface area contributed by atoms with Gasteiger partial charge >= 0.3 is 5.97 Å². The molecule has 8 nitrogen and oxygen atoms in total. The van der Waals surface area contributed by atoms with E-state index in [0.29, 0.717) is 18.5 Å². The predicted molar refractivity (Wildman–Crippen MR) is 110 cm³/mol. The third-order valence-corrected chi connectivity index (χ3v) is 4.31. The number of benzene rings is 2. The monoisotopic (exact) mass is 399 g/mol. The molecule has 154 valence electrons. The van der Waals surface area contributed by atoms with Crippen LogP contribution in [0.2, 0.25) is 0 Å². The summed E-state index contributed by atoms with van der Waals surface area (Å²) in [6.07, 6.45) is 0.971. The Morgan fingerprint density at radius 3 is 2.45 bits per heavy atom. The Hall–Kier alpha value is -3.42. The van der Waals surface area contributed by atoms with Crippen molar-refractivity contribution in [2.24, 2.45) is 0 Å². The molecular weight excluding hydrogens is 374 g/mol. The van der Waals surface area contributed by atoms with Gasteiger partial charge in [-0.1, -0.05) is 29.8 Å². The van der Waals surface area contributed by atoms with Crippen molar-refractivity contribution in [1.82, 2.24) is 5.32 Å². The van der Waals surface area contributed by atoms with Gasteiger partial charge in [0.1, 0.15) is 6.61 Å². The van der Waals surface area contributed by atoms with Crippen LogP contribution in [-0.4, -0.2) is 44.0 Å². The molecular formula is C21H25N3O5. The minimum Gasteiger partial charge on any atom is -0.460 e. The van der Waals surface area contributed by atoms with Crippen LogP contribution in [0.4, 0.5) is 11.4 Å². The first-order valence-electron chi connectivity index (χ1n) is 9.23. The highest BCUT2D eigenvalue weighted by molar-refractivity contribution is 5.96. The number of hydrogen-bond acceptors (Lipinski definition) is 6. The van der Waals surface area contributed by atoms with E-state index < -0.39 is 10.9 Å². The number of rotatable bonds is 9. The molecule has 2 aromatic carbocycles. The third kappa shape index (κ3) is 6.60. The molecule has 29 heavy (non-hydrogen) atoms. The number of anilines is 1. The van der Waals surface area contributed by atoms with E-state index in [2.05, 4.69) is 5.32 Å². The zero-order valence-electron chi connectivity index (χ0n) is 16.8. The molecule has 0 aromatic heterocycles. The van der Waals surface area contributed by atoms with Crippen LogP contribution in [0.25, 0.3) is 0 Å². The third-order valence-electron chi connectivity index (χ3n) is 4.31. The van der Waals surface area contributed by atoms with Crippen molar-refractivity contribution in [3.63, 3.8) is 0 Å². The lowest BCUT2D eigenvalue weighted by Crippen LogP contribution is -2.28. The first-order valence-corrected chi connectivity index (χ1v) is 9.23. The normalized spacial score (nSPS) is 10.3. The molecule has 2 rings (SSSR count). The number of nitrogens with zero attached hydrogens (tertiary/aromatic N) is 2. The van der Waals surface area contributed by atoms with E-state index in [9.17, 15) is 19.7 Å². The van der Waals surface area contributed by atoms with Gasteiger partial charge in [-0.15, -0.1) is 0 Å². The number of carbonyl (C=O) groups is 2. The summed E-state index contributed by atoms with van der Waals surface area (Å²) in [7, 11) is 3.46. The molecule has 1 N–H and O–H groups in total. The average molecular weight is 399 g/mol. The van der Waals surface area contributed by atoms with Gasteiger partial charge in [0.25, 0.3) is 5.69 Å². The number of amides is 1. The van der Waals surface area contributed by atoms with Gasteiger partial charge in [0, 0.05) is 32.6 Å². The molecule has 0 aliphatic rings. The van der Waals surface area contributed by atoms with E-state index in [0.717, 1.165) is 5.56 Å². The highest BCUT2D eigenvalue weighted by atomic mass is 16.6. The minimum absolute atomic E-state index is 0.0231. The number of nitro benzene ring substituents is 1. The van der Waals surface area contributed by atoms with Gasteiger partial charge in [-0.2, -0.15) is 0 Å². The Bertz CT molecular complexity index is 878. The van der Waals surface area contributed by atoms with Crippen LogP contribution in [0.15, 0.2) is 42.5 Å². The summed E-state index contributed by atoms with van der Waals surface area (Å²) in [6.45, 7) is 2.16. The van der Waals surface area contributed by atoms with Crippen molar-refractivity contribution in [2.45, 2.75) is 19.8 Å². The summed E-state index contributed by atoms with van der Waals surface area (Å²) >= 11 is 0. The molecule has 0 spiro atoms. The molecule has 0 saturated heterocycles. The van der Waals surface area contributed by atoms with Crippen molar-refractivity contribution >= 4 is 23.3 Å². The summed E-state index contributed by atoms with van der Waals surface area (Å²) in [5.41, 5.74) is 2.69. The maximum atomic E-state index is 12.3. The number of non-ortho nitro benzene ring substituents is 1. The van der Waals surface area contributed by atoms with Crippen molar-refractivity contribution in [2.75, 3.05) is 32.1 Å². The Labute approximate surface area is 169 Å². The number of esters is 1. The summed E-state index contributed by atoms with van der Waals surface area (Å²) in [5.74, 6) is -0.808. The number of hydrogen-bond donors (Lipinski definition) is 1. The Morgan fingerprint density at radius 2 is 1.83 bits per heavy atom. The maximum Gasteiger partial charge on any atom is 0.340 e. The van der Waals surface area contributed by atoms with Gasteiger partial charge in [0.15, 0.2) is 0 Å². The molecule has 0 aliphatic heterocycles. The second-order valence-corrected chi connectivity index (χ2v) is 6.82. The van der Waals surface area contributed by atoms with Crippen LogP contribution in [0.1, 0.15) is 27.9 Å². The number of carbonyl (C=O) groups excluding carboxylic acids is 2. The number of nitrogens with one attached hydrogen (secondary N) is 1. The number of aryl methyl sites for hydroxylation is 2.